The van der Waals surface area contributed by atoms with E-state index in [-0.39, 0.29) is 26.7 Å². The van der Waals surface area contributed by atoms with Crippen molar-refractivity contribution in [1.82, 2.24) is 9.97 Å². The normalized spacial score (nSPS) is 13.1. The molecule has 6 aromatic carbocycles. The number of aryl methyl sites for hydroxylation is 1. The van der Waals surface area contributed by atoms with Crippen LogP contribution in [0.2, 0.25) is 0 Å². The maximum atomic E-state index is 13.3. The Morgan fingerprint density at radius 3 is 1.97 bits per heavy atom. The maximum absolute atomic E-state index is 13.3. The van der Waals surface area contributed by atoms with Gasteiger partial charge in [-0.25, -0.2) is 9.97 Å². The molecule has 0 saturated carbocycles. The molecule has 0 fully saturated rings. The second-order valence-corrected chi connectivity index (χ2v) is 19.2. The van der Waals surface area contributed by atoms with Crippen molar-refractivity contribution in [2.45, 2.75) is 21.6 Å². The zero-order chi connectivity index (χ0) is 42.9. The van der Waals surface area contributed by atoms with Gasteiger partial charge in [-0.3, -0.25) is 34.1 Å². The van der Waals surface area contributed by atoms with Gasteiger partial charge in [0.25, 0.3) is 30.4 Å². The minimum absolute atomic E-state index is 0.167. The van der Waals surface area contributed by atoms with E-state index < -0.39 is 62.1 Å². The molecule has 0 unspecified atom stereocenters. The fourth-order valence-corrected chi connectivity index (χ4v) is 10.6. The van der Waals surface area contributed by atoms with Gasteiger partial charge in [0, 0.05) is 22.6 Å². The molecular formula is C37H24N6O12S5. The van der Waals surface area contributed by atoms with E-state index in [1.165, 1.54) is 11.3 Å². The number of thiazole rings is 2. The van der Waals surface area contributed by atoms with Gasteiger partial charge in [0.05, 0.1) is 41.6 Å². The summed E-state index contributed by atoms with van der Waals surface area (Å²) in [6.45, 7) is 1.60. The molecule has 0 radical (unpaired) electrons. The zero-order valence-electron chi connectivity index (χ0n) is 30.0. The second-order valence-electron chi connectivity index (χ2n) is 13.0. The molecule has 304 valence electrons. The van der Waals surface area contributed by atoms with E-state index in [2.05, 4.69) is 26.0 Å². The highest BCUT2D eigenvalue weighted by Gasteiger charge is 2.22. The van der Waals surface area contributed by atoms with Crippen LogP contribution in [0.25, 0.3) is 52.3 Å². The van der Waals surface area contributed by atoms with Gasteiger partial charge in [-0.05, 0) is 96.7 Å². The number of nitrogens with one attached hydrogen (secondary N) is 2. The van der Waals surface area contributed by atoms with Crippen molar-refractivity contribution in [2.24, 2.45) is 10.2 Å². The van der Waals surface area contributed by atoms with Crippen molar-refractivity contribution in [3.8, 4) is 26.9 Å². The molecule has 0 aliphatic heterocycles. The van der Waals surface area contributed by atoms with Crippen LogP contribution in [0, 0.1) is 6.92 Å². The molecule has 6 N–H and O–H groups in total. The first-order valence-electron chi connectivity index (χ1n) is 16.8. The first-order chi connectivity index (χ1) is 28.2. The minimum atomic E-state index is -4.89. The van der Waals surface area contributed by atoms with E-state index in [0.29, 0.717) is 43.1 Å². The molecular weight excluding hydrogens is 881 g/mol. The number of benzene rings is 6. The van der Waals surface area contributed by atoms with Gasteiger partial charge in [0.15, 0.2) is 5.36 Å². The van der Waals surface area contributed by atoms with Gasteiger partial charge in [0.1, 0.15) is 26.0 Å². The lowest BCUT2D eigenvalue weighted by Gasteiger charge is -2.11. The van der Waals surface area contributed by atoms with Gasteiger partial charge >= 0.3 is 0 Å². The Labute approximate surface area is 345 Å². The quantitative estimate of drug-likeness (QED) is 0.0852. The molecule has 8 aromatic rings. The van der Waals surface area contributed by atoms with E-state index in [1.54, 1.807) is 43.3 Å². The monoisotopic (exact) mass is 904 g/mol. The van der Waals surface area contributed by atoms with Gasteiger partial charge < -0.3 is 5.11 Å². The van der Waals surface area contributed by atoms with Crippen LogP contribution in [0.3, 0.4) is 0 Å². The highest BCUT2D eigenvalue weighted by molar-refractivity contribution is 7.86. The van der Waals surface area contributed by atoms with Crippen molar-refractivity contribution >= 4 is 95.6 Å². The lowest BCUT2D eigenvalue weighted by molar-refractivity contribution is 0.471. The first-order valence-corrected chi connectivity index (χ1v) is 22.8. The van der Waals surface area contributed by atoms with Crippen molar-refractivity contribution in [3.05, 3.63) is 128 Å². The molecule has 0 amide bonds. The Kier molecular flexibility index (Phi) is 9.95. The SMILES string of the molecule is Cc1ccc2nc(-c3ccc4nc(-c5ccc(NN=c6c(=O)ccc(=NNc7cc(S(=O)(=O)O)cc8cc(S(=O)(=O)O)cc(O)c78)c6=O)cc5)sc4c3)sc2c1S(=O)(=O)O. The van der Waals surface area contributed by atoms with Crippen LogP contribution in [-0.4, -0.2) is 54.0 Å². The molecule has 60 heavy (non-hydrogen) atoms. The predicted molar refractivity (Wildman–Crippen MR) is 223 cm³/mol. The average molecular weight is 905 g/mol. The fourth-order valence-electron chi connectivity index (χ4n) is 6.18. The highest BCUT2D eigenvalue weighted by atomic mass is 32.2. The average Bonchev–Trinajstić information content (AvgIpc) is 3.80. The number of nitrogens with zero attached hydrogens (tertiary/aromatic N) is 4. The van der Waals surface area contributed by atoms with Crippen molar-refractivity contribution < 1.29 is 44.0 Å². The van der Waals surface area contributed by atoms with Crippen molar-refractivity contribution in [1.29, 1.82) is 0 Å². The summed E-state index contributed by atoms with van der Waals surface area (Å²) in [7, 11) is -14.2. The van der Waals surface area contributed by atoms with Crippen LogP contribution in [0.4, 0.5) is 11.4 Å². The summed E-state index contributed by atoms with van der Waals surface area (Å²) in [5.74, 6) is -0.725. The number of phenolic OH excluding ortho intramolecular Hbond substituents is 1. The minimum Gasteiger partial charge on any atom is -0.507 e. The lowest BCUT2D eigenvalue weighted by atomic mass is 10.1. The summed E-state index contributed by atoms with van der Waals surface area (Å²) >= 11 is 2.56. The summed E-state index contributed by atoms with van der Waals surface area (Å²) in [6, 6.07) is 20.9. The lowest BCUT2D eigenvalue weighted by Crippen LogP contribution is -2.47. The standard InChI is InChI=1S/C37H24N6O12S5/c1-17-2-8-26-34(35(17)60(53,54)55)57-37(39-26)19-5-9-24-30(14-19)56-36(38-24)18-3-6-21(7-4-18)40-43-32-28(44)11-10-25(33(32)46)41-42-27-15-22(58(47,48)49)12-20-13-23(59(50,51)52)16-29(45)31(20)27/h2-16,40,42,45H,1H3,(H,47,48,49)(H,50,51,52)(H,53,54,55). The van der Waals surface area contributed by atoms with Crippen LogP contribution in [-0.2, 0) is 30.4 Å². The van der Waals surface area contributed by atoms with E-state index in [4.69, 9.17) is 4.98 Å². The number of aromatic hydroxyl groups is 1. The summed E-state index contributed by atoms with van der Waals surface area (Å²) < 4.78 is 102. The Morgan fingerprint density at radius 2 is 1.28 bits per heavy atom. The van der Waals surface area contributed by atoms with Crippen molar-refractivity contribution in [2.75, 3.05) is 10.9 Å². The summed E-state index contributed by atoms with van der Waals surface area (Å²) in [4.78, 5) is 33.6. The third-order valence-corrected chi connectivity index (χ3v) is 14.0. The first kappa shape index (κ1) is 40.5. The summed E-state index contributed by atoms with van der Waals surface area (Å²) in [6.07, 6.45) is 0. The largest absolute Gasteiger partial charge is 0.507 e. The molecule has 23 heteroatoms. The van der Waals surface area contributed by atoms with E-state index in [9.17, 15) is 53.6 Å². The van der Waals surface area contributed by atoms with E-state index in [0.717, 1.165) is 57.5 Å². The van der Waals surface area contributed by atoms with Crippen LogP contribution < -0.4 is 32.4 Å². The molecule has 0 bridgehead atoms. The summed E-state index contributed by atoms with van der Waals surface area (Å²) in [5, 5.41) is 18.4. The zero-order valence-corrected chi connectivity index (χ0v) is 34.1. The molecule has 0 aliphatic carbocycles. The van der Waals surface area contributed by atoms with Crippen molar-refractivity contribution in [3.63, 3.8) is 0 Å². The number of hydrogen-bond acceptors (Lipinski definition) is 17. The van der Waals surface area contributed by atoms with Crippen LogP contribution in [0.5, 0.6) is 5.75 Å². The number of phenols is 1. The van der Waals surface area contributed by atoms with Crippen LogP contribution in [0.1, 0.15) is 5.56 Å². The molecule has 0 spiro atoms. The van der Waals surface area contributed by atoms with Gasteiger partial charge in [-0.2, -0.15) is 35.5 Å². The smallest absolute Gasteiger partial charge is 0.296 e. The Bertz CT molecular complexity index is 3710. The topological polar surface area (TPSA) is 292 Å². The van der Waals surface area contributed by atoms with Crippen LogP contribution in [0.15, 0.2) is 125 Å². The fraction of sp³-hybridized carbons (Fsp3) is 0.0270. The van der Waals surface area contributed by atoms with Crippen LogP contribution >= 0.6 is 22.7 Å². The third-order valence-electron chi connectivity index (χ3n) is 8.97. The molecule has 2 aromatic heterocycles. The number of anilines is 2. The van der Waals surface area contributed by atoms with E-state index >= 15 is 0 Å². The number of fused-ring (bicyclic) bond motifs is 3. The Morgan fingerprint density at radius 1 is 0.650 bits per heavy atom. The van der Waals surface area contributed by atoms with E-state index in [1.807, 2.05) is 18.2 Å². The number of rotatable bonds is 9. The Balaban J connectivity index is 1.06. The molecule has 18 nitrogen and oxygen atoms in total. The maximum Gasteiger partial charge on any atom is 0.296 e. The molecule has 0 saturated heterocycles. The predicted octanol–water partition coefficient (Wildman–Crippen LogP) is 4.60. The molecule has 0 atom stereocenters. The van der Waals surface area contributed by atoms with Gasteiger partial charge in [-0.15, -0.1) is 22.7 Å². The summed E-state index contributed by atoms with van der Waals surface area (Å²) in [5.41, 5.74) is 6.50. The number of hydrogen-bond donors (Lipinski definition) is 6. The van der Waals surface area contributed by atoms with Gasteiger partial charge in [0.2, 0.25) is 10.9 Å². The third kappa shape index (κ3) is 7.78. The second kappa shape index (κ2) is 14.8. The van der Waals surface area contributed by atoms with Gasteiger partial charge in [-0.1, -0.05) is 6.07 Å². The Hall–Kier alpha value is -6.31. The molecule has 0 aliphatic rings. The molecule has 2 heterocycles. The number of aromatic nitrogens is 2. The highest BCUT2D eigenvalue weighted by Crippen LogP contribution is 2.39. The molecule has 8 rings (SSSR count).